The van der Waals surface area contributed by atoms with Crippen LogP contribution in [0.15, 0.2) is 18.2 Å². The molecule has 3 atom stereocenters. The fraction of sp³-hybridized carbons (Fsp3) is 0.591. The van der Waals surface area contributed by atoms with Gasteiger partial charge in [0, 0.05) is 24.2 Å². The molecule has 1 saturated heterocycles. The SMILES string of the molecule is CCCCCN1C(=O)NC2CC(C(=O)Nc3cc(C)cc(C)c3)CCC2C1=O. The molecule has 6 nitrogen and oxygen atoms in total. The maximum Gasteiger partial charge on any atom is 0.324 e. The lowest BCUT2D eigenvalue weighted by Crippen LogP contribution is -2.62. The van der Waals surface area contributed by atoms with E-state index in [0.717, 1.165) is 36.1 Å². The van der Waals surface area contributed by atoms with Gasteiger partial charge in [-0.2, -0.15) is 0 Å². The largest absolute Gasteiger partial charge is 0.334 e. The summed E-state index contributed by atoms with van der Waals surface area (Å²) in [6, 6.07) is 5.42. The Kier molecular flexibility index (Phi) is 6.37. The Balaban J connectivity index is 1.61. The third-order valence-electron chi connectivity index (χ3n) is 5.83. The first kappa shape index (κ1) is 20.4. The average molecular weight is 386 g/mol. The number of nitrogens with zero attached hydrogens (tertiary/aromatic N) is 1. The average Bonchev–Trinajstić information content (AvgIpc) is 2.63. The molecule has 0 aromatic heterocycles. The fourth-order valence-corrected chi connectivity index (χ4v) is 4.42. The molecule has 1 aliphatic heterocycles. The summed E-state index contributed by atoms with van der Waals surface area (Å²) in [5.74, 6) is -0.500. The van der Waals surface area contributed by atoms with E-state index in [1.165, 1.54) is 4.90 Å². The van der Waals surface area contributed by atoms with Crippen molar-refractivity contribution in [3.63, 3.8) is 0 Å². The molecule has 2 fully saturated rings. The molecule has 1 aliphatic carbocycles. The molecule has 3 unspecified atom stereocenters. The lowest BCUT2D eigenvalue weighted by atomic mass is 9.76. The van der Waals surface area contributed by atoms with Crippen LogP contribution >= 0.6 is 0 Å². The monoisotopic (exact) mass is 385 g/mol. The van der Waals surface area contributed by atoms with Gasteiger partial charge in [0.1, 0.15) is 0 Å². The normalized spacial score (nSPS) is 24.5. The second-order valence-corrected chi connectivity index (χ2v) is 8.24. The topological polar surface area (TPSA) is 78.5 Å². The standard InChI is InChI=1S/C22H31N3O3/c1-4-5-6-9-25-21(27)18-8-7-16(13-19(18)24-22(25)28)20(26)23-17-11-14(2)10-15(3)12-17/h10-12,16,18-19H,4-9,13H2,1-3H3,(H,23,26)(H,24,28). The van der Waals surface area contributed by atoms with E-state index in [2.05, 4.69) is 23.6 Å². The molecule has 2 aliphatic rings. The number of rotatable bonds is 6. The van der Waals surface area contributed by atoms with Gasteiger partial charge in [-0.05, 0) is 62.8 Å². The molecule has 152 valence electrons. The van der Waals surface area contributed by atoms with E-state index < -0.39 is 0 Å². The molecule has 6 heteroatoms. The number of hydrogen-bond acceptors (Lipinski definition) is 3. The van der Waals surface area contributed by atoms with Crippen molar-refractivity contribution in [1.82, 2.24) is 10.2 Å². The van der Waals surface area contributed by atoms with Crippen LogP contribution in [-0.4, -0.2) is 35.3 Å². The summed E-state index contributed by atoms with van der Waals surface area (Å²) in [7, 11) is 0. The fourth-order valence-electron chi connectivity index (χ4n) is 4.42. The zero-order chi connectivity index (χ0) is 20.3. The van der Waals surface area contributed by atoms with E-state index in [1.54, 1.807) is 0 Å². The van der Waals surface area contributed by atoms with Gasteiger partial charge < -0.3 is 10.6 Å². The van der Waals surface area contributed by atoms with Gasteiger partial charge in [0.25, 0.3) is 0 Å². The van der Waals surface area contributed by atoms with Crippen LogP contribution in [0.25, 0.3) is 0 Å². The van der Waals surface area contributed by atoms with Gasteiger partial charge in [0.15, 0.2) is 0 Å². The Morgan fingerprint density at radius 3 is 2.54 bits per heavy atom. The maximum absolute atomic E-state index is 12.8. The summed E-state index contributed by atoms with van der Waals surface area (Å²) in [4.78, 5) is 39.3. The highest BCUT2D eigenvalue weighted by molar-refractivity contribution is 5.99. The van der Waals surface area contributed by atoms with Gasteiger partial charge in [0.05, 0.1) is 5.92 Å². The number of carbonyl (C=O) groups is 3. The van der Waals surface area contributed by atoms with Crippen molar-refractivity contribution in [2.75, 3.05) is 11.9 Å². The van der Waals surface area contributed by atoms with Crippen LogP contribution in [0, 0.1) is 25.7 Å². The Bertz CT molecular complexity index is 741. The van der Waals surface area contributed by atoms with E-state index in [9.17, 15) is 14.4 Å². The molecule has 0 bridgehead atoms. The summed E-state index contributed by atoms with van der Waals surface area (Å²) >= 11 is 0. The maximum atomic E-state index is 12.8. The Morgan fingerprint density at radius 2 is 1.86 bits per heavy atom. The number of urea groups is 1. The van der Waals surface area contributed by atoms with Gasteiger partial charge >= 0.3 is 6.03 Å². The molecule has 1 heterocycles. The molecule has 0 radical (unpaired) electrons. The highest BCUT2D eigenvalue weighted by Gasteiger charge is 2.45. The minimum absolute atomic E-state index is 0.0319. The molecule has 0 spiro atoms. The van der Waals surface area contributed by atoms with Crippen LogP contribution in [0.2, 0.25) is 0 Å². The summed E-state index contributed by atoms with van der Waals surface area (Å²) in [6.07, 6.45) is 4.72. The van der Waals surface area contributed by atoms with E-state index >= 15 is 0 Å². The lowest BCUT2D eigenvalue weighted by molar-refractivity contribution is -0.138. The van der Waals surface area contributed by atoms with Gasteiger partial charge in [0.2, 0.25) is 11.8 Å². The minimum atomic E-state index is -0.308. The summed E-state index contributed by atoms with van der Waals surface area (Å²) in [6.45, 7) is 6.59. The summed E-state index contributed by atoms with van der Waals surface area (Å²) in [5.41, 5.74) is 3.01. The van der Waals surface area contributed by atoms with E-state index in [0.29, 0.717) is 25.8 Å². The first-order valence-electron chi connectivity index (χ1n) is 10.4. The van der Waals surface area contributed by atoms with Crippen molar-refractivity contribution < 1.29 is 14.4 Å². The number of hydrogen-bond donors (Lipinski definition) is 2. The van der Waals surface area contributed by atoms with Crippen molar-refractivity contribution >= 4 is 23.5 Å². The third-order valence-corrected chi connectivity index (χ3v) is 5.83. The quantitative estimate of drug-likeness (QED) is 0.732. The molecule has 4 amide bonds. The predicted octanol–water partition coefficient (Wildman–Crippen LogP) is 3.77. The summed E-state index contributed by atoms with van der Waals surface area (Å²) < 4.78 is 0. The predicted molar refractivity (Wildman–Crippen MR) is 109 cm³/mol. The van der Waals surface area contributed by atoms with Crippen molar-refractivity contribution in [2.45, 2.75) is 65.3 Å². The zero-order valence-electron chi connectivity index (χ0n) is 17.1. The first-order valence-corrected chi connectivity index (χ1v) is 10.4. The van der Waals surface area contributed by atoms with Crippen molar-refractivity contribution in [2.24, 2.45) is 11.8 Å². The van der Waals surface area contributed by atoms with Crippen LogP contribution in [0.1, 0.15) is 56.6 Å². The van der Waals surface area contributed by atoms with Gasteiger partial charge in [-0.3, -0.25) is 14.5 Å². The van der Waals surface area contributed by atoms with Gasteiger partial charge in [-0.25, -0.2) is 4.79 Å². The Labute approximate surface area is 167 Å². The zero-order valence-corrected chi connectivity index (χ0v) is 17.1. The van der Waals surface area contributed by atoms with Crippen LogP contribution < -0.4 is 10.6 Å². The van der Waals surface area contributed by atoms with Gasteiger partial charge in [-0.1, -0.05) is 25.8 Å². The van der Waals surface area contributed by atoms with Crippen LogP contribution in [0.5, 0.6) is 0 Å². The Morgan fingerprint density at radius 1 is 1.14 bits per heavy atom. The van der Waals surface area contributed by atoms with Crippen molar-refractivity contribution in [1.29, 1.82) is 0 Å². The number of anilines is 1. The highest BCUT2D eigenvalue weighted by Crippen LogP contribution is 2.34. The number of carbonyl (C=O) groups excluding carboxylic acids is 3. The molecular formula is C22H31N3O3. The Hall–Kier alpha value is -2.37. The van der Waals surface area contributed by atoms with E-state index in [-0.39, 0.29) is 35.7 Å². The lowest BCUT2D eigenvalue weighted by Gasteiger charge is -2.42. The minimum Gasteiger partial charge on any atom is -0.334 e. The van der Waals surface area contributed by atoms with Gasteiger partial charge in [-0.15, -0.1) is 0 Å². The number of nitrogens with one attached hydrogen (secondary N) is 2. The number of imide groups is 1. The molecular weight excluding hydrogens is 354 g/mol. The highest BCUT2D eigenvalue weighted by atomic mass is 16.2. The second-order valence-electron chi connectivity index (χ2n) is 8.24. The summed E-state index contributed by atoms with van der Waals surface area (Å²) in [5, 5.41) is 5.99. The number of fused-ring (bicyclic) bond motifs is 1. The molecule has 28 heavy (non-hydrogen) atoms. The second kappa shape index (κ2) is 8.76. The number of aryl methyl sites for hydroxylation is 2. The van der Waals surface area contributed by atoms with E-state index in [1.807, 2.05) is 26.0 Å². The third kappa shape index (κ3) is 4.54. The number of unbranched alkanes of at least 4 members (excludes halogenated alkanes) is 2. The number of benzene rings is 1. The van der Waals surface area contributed by atoms with Crippen molar-refractivity contribution in [3.05, 3.63) is 29.3 Å². The molecule has 1 aromatic rings. The van der Waals surface area contributed by atoms with Crippen LogP contribution in [0.3, 0.4) is 0 Å². The molecule has 1 aromatic carbocycles. The molecule has 3 rings (SSSR count). The van der Waals surface area contributed by atoms with Crippen LogP contribution in [-0.2, 0) is 9.59 Å². The number of amides is 4. The molecule has 1 saturated carbocycles. The van der Waals surface area contributed by atoms with Crippen molar-refractivity contribution in [3.8, 4) is 0 Å². The first-order chi connectivity index (χ1) is 13.4. The smallest absolute Gasteiger partial charge is 0.324 e. The van der Waals surface area contributed by atoms with E-state index in [4.69, 9.17) is 0 Å². The molecule has 2 N–H and O–H groups in total. The van der Waals surface area contributed by atoms with Crippen LogP contribution in [0.4, 0.5) is 10.5 Å².